The Morgan fingerprint density at radius 1 is 1.42 bits per heavy atom. The maximum Gasteiger partial charge on any atom is 0.176 e. The van der Waals surface area contributed by atoms with E-state index in [0.717, 1.165) is 16.7 Å². The van der Waals surface area contributed by atoms with Crippen molar-refractivity contribution >= 4 is 11.0 Å². The van der Waals surface area contributed by atoms with Gasteiger partial charge in [-0.25, -0.2) is 5.43 Å². The minimum absolute atomic E-state index is 0.184. The minimum atomic E-state index is -0.184. The Morgan fingerprint density at radius 3 is 2.95 bits per heavy atom. The van der Waals surface area contributed by atoms with Gasteiger partial charge >= 0.3 is 0 Å². The number of nitrogens with zero attached hydrogens (tertiary/aromatic N) is 4. The topological polar surface area (TPSA) is 94.8 Å². The molecule has 7 nitrogen and oxygen atoms in total. The van der Waals surface area contributed by atoms with Crippen LogP contribution in [0, 0.1) is 0 Å². The number of tetrazole rings is 1. The molecule has 3 rings (SSSR count). The fraction of sp³-hybridized carbons (Fsp3) is 0.250. The van der Waals surface area contributed by atoms with Gasteiger partial charge in [-0.15, -0.1) is 10.2 Å². The lowest BCUT2D eigenvalue weighted by molar-refractivity contribution is 0.428. The summed E-state index contributed by atoms with van der Waals surface area (Å²) in [6.07, 6.45) is 0.518. The van der Waals surface area contributed by atoms with Gasteiger partial charge < -0.3 is 4.42 Å². The first-order valence-electron chi connectivity index (χ1n) is 5.94. The standard InChI is InChI=1S/C12H14N6O/c1-18-16-12(15-17-18)7-9(14-13)11-6-8-4-2-3-5-10(8)19-11/h2-6,9,14H,7,13H2,1H3. The van der Waals surface area contributed by atoms with E-state index in [-0.39, 0.29) is 6.04 Å². The molecule has 2 heterocycles. The Balaban J connectivity index is 1.88. The first kappa shape index (κ1) is 11.8. The van der Waals surface area contributed by atoms with Crippen molar-refractivity contribution in [1.82, 2.24) is 25.6 Å². The fourth-order valence-electron chi connectivity index (χ4n) is 2.00. The number of nitrogens with two attached hydrogens (primary N) is 1. The van der Waals surface area contributed by atoms with Gasteiger partial charge in [-0.2, -0.15) is 4.80 Å². The van der Waals surface area contributed by atoms with Gasteiger partial charge in [0.2, 0.25) is 0 Å². The molecule has 1 aromatic carbocycles. The van der Waals surface area contributed by atoms with Crippen LogP contribution in [0.15, 0.2) is 34.7 Å². The van der Waals surface area contributed by atoms with E-state index in [1.807, 2.05) is 30.3 Å². The Bertz CT molecular complexity index is 655. The zero-order valence-corrected chi connectivity index (χ0v) is 10.4. The average molecular weight is 258 g/mol. The second-order valence-electron chi connectivity index (χ2n) is 4.31. The molecule has 0 amide bonds. The van der Waals surface area contributed by atoms with Gasteiger partial charge in [0.15, 0.2) is 5.82 Å². The molecular weight excluding hydrogens is 244 g/mol. The van der Waals surface area contributed by atoms with E-state index >= 15 is 0 Å². The van der Waals surface area contributed by atoms with Crippen molar-refractivity contribution in [3.8, 4) is 0 Å². The lowest BCUT2D eigenvalue weighted by Gasteiger charge is -2.10. The van der Waals surface area contributed by atoms with Crippen molar-refractivity contribution in [1.29, 1.82) is 0 Å². The molecule has 0 aliphatic carbocycles. The molecule has 0 spiro atoms. The maximum absolute atomic E-state index is 5.77. The predicted molar refractivity (Wildman–Crippen MR) is 68.8 cm³/mol. The summed E-state index contributed by atoms with van der Waals surface area (Å²) in [5.41, 5.74) is 3.56. The Morgan fingerprint density at radius 2 is 2.26 bits per heavy atom. The zero-order chi connectivity index (χ0) is 13.2. The smallest absolute Gasteiger partial charge is 0.176 e. The third-order valence-corrected chi connectivity index (χ3v) is 2.93. The molecule has 1 atom stereocenters. The van der Waals surface area contributed by atoms with Crippen LogP contribution in [-0.2, 0) is 13.5 Å². The molecule has 0 saturated carbocycles. The number of furan rings is 1. The number of hydrogen-bond donors (Lipinski definition) is 2. The van der Waals surface area contributed by atoms with Crippen LogP contribution in [0.3, 0.4) is 0 Å². The first-order chi connectivity index (χ1) is 9.26. The number of rotatable bonds is 4. The highest BCUT2D eigenvalue weighted by Gasteiger charge is 2.18. The zero-order valence-electron chi connectivity index (χ0n) is 10.4. The van der Waals surface area contributed by atoms with Crippen molar-refractivity contribution in [2.75, 3.05) is 0 Å². The Hall–Kier alpha value is -2.25. The molecule has 2 aromatic heterocycles. The number of benzene rings is 1. The van der Waals surface area contributed by atoms with Gasteiger partial charge in [0.05, 0.1) is 13.1 Å². The SMILES string of the molecule is Cn1nnc(CC(NN)c2cc3ccccc3o2)n1. The highest BCUT2D eigenvalue weighted by Crippen LogP contribution is 2.24. The van der Waals surface area contributed by atoms with E-state index in [4.69, 9.17) is 10.3 Å². The summed E-state index contributed by atoms with van der Waals surface area (Å²) in [6, 6.07) is 9.61. The van der Waals surface area contributed by atoms with E-state index in [0.29, 0.717) is 12.2 Å². The van der Waals surface area contributed by atoms with Crippen LogP contribution < -0.4 is 11.3 Å². The summed E-state index contributed by atoms with van der Waals surface area (Å²) in [7, 11) is 1.72. The van der Waals surface area contributed by atoms with E-state index < -0.39 is 0 Å². The van der Waals surface area contributed by atoms with Crippen molar-refractivity contribution < 1.29 is 4.42 Å². The quantitative estimate of drug-likeness (QED) is 0.528. The molecule has 19 heavy (non-hydrogen) atoms. The van der Waals surface area contributed by atoms with Gasteiger partial charge in [0, 0.05) is 11.8 Å². The monoisotopic (exact) mass is 258 g/mol. The van der Waals surface area contributed by atoms with Crippen molar-refractivity contribution in [2.45, 2.75) is 12.5 Å². The number of aryl methyl sites for hydroxylation is 1. The number of hydrogen-bond acceptors (Lipinski definition) is 6. The summed E-state index contributed by atoms with van der Waals surface area (Å²) in [4.78, 5) is 1.42. The Labute approximate surface area is 109 Å². The predicted octanol–water partition coefficient (Wildman–Crippen LogP) is 0.703. The molecule has 3 N–H and O–H groups in total. The molecule has 1 unspecified atom stereocenters. The number of nitrogens with one attached hydrogen (secondary N) is 1. The Kier molecular flexibility index (Phi) is 2.98. The summed E-state index contributed by atoms with van der Waals surface area (Å²) >= 11 is 0. The second kappa shape index (κ2) is 4.79. The minimum Gasteiger partial charge on any atom is -0.459 e. The summed E-state index contributed by atoms with van der Waals surface area (Å²) in [6.45, 7) is 0. The van der Waals surface area contributed by atoms with Crippen molar-refractivity contribution in [2.24, 2.45) is 12.9 Å². The molecule has 0 aliphatic heterocycles. The second-order valence-corrected chi connectivity index (χ2v) is 4.31. The maximum atomic E-state index is 5.77. The third kappa shape index (κ3) is 2.33. The van der Waals surface area contributed by atoms with Crippen LogP contribution in [-0.4, -0.2) is 20.2 Å². The van der Waals surface area contributed by atoms with Crippen LogP contribution in [0.2, 0.25) is 0 Å². The third-order valence-electron chi connectivity index (χ3n) is 2.93. The van der Waals surface area contributed by atoms with Gasteiger partial charge in [-0.05, 0) is 17.3 Å². The van der Waals surface area contributed by atoms with Crippen LogP contribution in [0.4, 0.5) is 0 Å². The number of aromatic nitrogens is 4. The van der Waals surface area contributed by atoms with Crippen LogP contribution in [0.1, 0.15) is 17.6 Å². The fourth-order valence-corrected chi connectivity index (χ4v) is 2.00. The molecular formula is C12H14N6O. The number of hydrazine groups is 1. The molecule has 0 aliphatic rings. The molecule has 7 heteroatoms. The number of para-hydroxylation sites is 1. The van der Waals surface area contributed by atoms with Gasteiger partial charge in [-0.3, -0.25) is 5.84 Å². The molecule has 0 radical (unpaired) electrons. The van der Waals surface area contributed by atoms with Crippen LogP contribution in [0.25, 0.3) is 11.0 Å². The molecule has 98 valence electrons. The van der Waals surface area contributed by atoms with Crippen LogP contribution in [0.5, 0.6) is 0 Å². The van der Waals surface area contributed by atoms with E-state index in [9.17, 15) is 0 Å². The van der Waals surface area contributed by atoms with Crippen LogP contribution >= 0.6 is 0 Å². The van der Waals surface area contributed by atoms with E-state index in [1.165, 1.54) is 4.80 Å². The highest BCUT2D eigenvalue weighted by molar-refractivity contribution is 5.77. The van der Waals surface area contributed by atoms with Crippen molar-refractivity contribution in [3.63, 3.8) is 0 Å². The molecule has 0 fully saturated rings. The largest absolute Gasteiger partial charge is 0.459 e. The van der Waals surface area contributed by atoms with Gasteiger partial charge in [0.1, 0.15) is 11.3 Å². The van der Waals surface area contributed by atoms with E-state index in [2.05, 4.69) is 20.8 Å². The molecule has 0 bridgehead atoms. The molecule has 3 aromatic rings. The molecule has 0 saturated heterocycles. The van der Waals surface area contributed by atoms with Gasteiger partial charge in [0.25, 0.3) is 0 Å². The van der Waals surface area contributed by atoms with E-state index in [1.54, 1.807) is 7.05 Å². The number of fused-ring (bicyclic) bond motifs is 1. The first-order valence-corrected chi connectivity index (χ1v) is 5.94. The highest BCUT2D eigenvalue weighted by atomic mass is 16.3. The lowest BCUT2D eigenvalue weighted by atomic mass is 10.1. The van der Waals surface area contributed by atoms with Gasteiger partial charge in [-0.1, -0.05) is 18.2 Å². The van der Waals surface area contributed by atoms with Crippen molar-refractivity contribution in [3.05, 3.63) is 41.9 Å². The lowest BCUT2D eigenvalue weighted by Crippen LogP contribution is -2.29. The summed E-state index contributed by atoms with van der Waals surface area (Å²) in [5.74, 6) is 6.97. The summed E-state index contributed by atoms with van der Waals surface area (Å²) < 4.78 is 5.77. The average Bonchev–Trinajstić information content (AvgIpc) is 3.01. The summed E-state index contributed by atoms with van der Waals surface area (Å²) in [5, 5.41) is 12.9. The normalized spacial score (nSPS) is 12.9.